The summed E-state index contributed by atoms with van der Waals surface area (Å²) in [5.41, 5.74) is 8.11. The first-order valence-corrected chi connectivity index (χ1v) is 6.33. The number of nitrogens with two attached hydrogens (primary N) is 1. The van der Waals surface area contributed by atoms with E-state index < -0.39 is 0 Å². The third-order valence-corrected chi connectivity index (χ3v) is 2.70. The standard InChI is InChI=1S/C14H19N5/c1-11-7-9-17-14(18-11)19-13(15)16-10-8-12-5-3-2-4-6-12/h2-7,9,13,16H,8,10,15H2,1H3,(H,17,18,19). The molecule has 2 aromatic rings. The van der Waals surface area contributed by atoms with E-state index in [9.17, 15) is 0 Å². The SMILES string of the molecule is Cc1ccnc(NC(N)NCCc2ccccc2)n1. The zero-order valence-electron chi connectivity index (χ0n) is 11.0. The van der Waals surface area contributed by atoms with Crippen LogP contribution in [0.3, 0.4) is 0 Å². The second kappa shape index (κ2) is 6.82. The average Bonchev–Trinajstić information content (AvgIpc) is 2.40. The Bertz CT molecular complexity index is 500. The molecule has 5 heteroatoms. The molecule has 1 heterocycles. The molecule has 0 amide bonds. The molecule has 0 bridgehead atoms. The topological polar surface area (TPSA) is 75.9 Å². The second-order valence-corrected chi connectivity index (χ2v) is 4.33. The lowest BCUT2D eigenvalue weighted by molar-refractivity contribution is 0.576. The van der Waals surface area contributed by atoms with Crippen LogP contribution >= 0.6 is 0 Å². The first kappa shape index (κ1) is 13.5. The van der Waals surface area contributed by atoms with Crippen LogP contribution in [0.1, 0.15) is 11.3 Å². The molecule has 100 valence electrons. The molecule has 0 aliphatic heterocycles. The van der Waals surface area contributed by atoms with Crippen molar-refractivity contribution in [2.24, 2.45) is 5.73 Å². The van der Waals surface area contributed by atoms with E-state index in [1.54, 1.807) is 6.20 Å². The largest absolute Gasteiger partial charge is 0.326 e. The van der Waals surface area contributed by atoms with Gasteiger partial charge < -0.3 is 5.32 Å². The lowest BCUT2D eigenvalue weighted by Gasteiger charge is -2.15. The zero-order chi connectivity index (χ0) is 13.5. The minimum Gasteiger partial charge on any atom is -0.326 e. The van der Waals surface area contributed by atoms with Crippen molar-refractivity contribution in [3.05, 3.63) is 53.9 Å². The number of hydrogen-bond donors (Lipinski definition) is 3. The third-order valence-electron chi connectivity index (χ3n) is 2.70. The van der Waals surface area contributed by atoms with Crippen molar-refractivity contribution in [1.29, 1.82) is 0 Å². The van der Waals surface area contributed by atoms with Crippen molar-refractivity contribution in [2.45, 2.75) is 19.6 Å². The summed E-state index contributed by atoms with van der Waals surface area (Å²) in [6, 6.07) is 12.1. The van der Waals surface area contributed by atoms with Crippen molar-refractivity contribution in [3.63, 3.8) is 0 Å². The molecule has 1 unspecified atom stereocenters. The molecular formula is C14H19N5. The summed E-state index contributed by atoms with van der Waals surface area (Å²) in [6.07, 6.45) is 2.29. The van der Waals surface area contributed by atoms with Gasteiger partial charge in [-0.3, -0.25) is 11.1 Å². The van der Waals surface area contributed by atoms with E-state index in [1.165, 1.54) is 5.56 Å². The van der Waals surface area contributed by atoms with Crippen LogP contribution in [0.5, 0.6) is 0 Å². The summed E-state index contributed by atoms with van der Waals surface area (Å²) in [5.74, 6) is 0.541. The predicted octanol–water partition coefficient (Wildman–Crippen LogP) is 1.27. The molecule has 0 saturated carbocycles. The Morgan fingerprint density at radius 2 is 2.00 bits per heavy atom. The Labute approximate surface area is 113 Å². The molecular weight excluding hydrogens is 238 g/mol. The van der Waals surface area contributed by atoms with Crippen molar-refractivity contribution >= 4 is 5.95 Å². The Hall–Kier alpha value is -1.98. The van der Waals surface area contributed by atoms with E-state index in [0.29, 0.717) is 5.95 Å². The molecule has 1 aromatic carbocycles. The fourth-order valence-electron chi connectivity index (χ4n) is 1.73. The summed E-state index contributed by atoms with van der Waals surface area (Å²) in [6.45, 7) is 2.71. The van der Waals surface area contributed by atoms with Gasteiger partial charge in [-0.1, -0.05) is 30.3 Å². The molecule has 2 rings (SSSR count). The monoisotopic (exact) mass is 257 g/mol. The van der Waals surface area contributed by atoms with Crippen LogP contribution in [0.2, 0.25) is 0 Å². The highest BCUT2D eigenvalue weighted by Crippen LogP contribution is 2.00. The smallest absolute Gasteiger partial charge is 0.225 e. The number of hydrogen-bond acceptors (Lipinski definition) is 5. The molecule has 5 nitrogen and oxygen atoms in total. The average molecular weight is 257 g/mol. The van der Waals surface area contributed by atoms with Crippen LogP contribution in [-0.4, -0.2) is 22.8 Å². The number of anilines is 1. The van der Waals surface area contributed by atoms with Gasteiger partial charge in [0.2, 0.25) is 5.95 Å². The number of nitrogens with one attached hydrogen (secondary N) is 2. The van der Waals surface area contributed by atoms with E-state index >= 15 is 0 Å². The lowest BCUT2D eigenvalue weighted by Crippen LogP contribution is -2.45. The van der Waals surface area contributed by atoms with Crippen LogP contribution in [0, 0.1) is 6.92 Å². The Morgan fingerprint density at radius 1 is 1.21 bits per heavy atom. The van der Waals surface area contributed by atoms with Gasteiger partial charge in [0.1, 0.15) is 6.29 Å². The van der Waals surface area contributed by atoms with Crippen LogP contribution < -0.4 is 16.4 Å². The first-order valence-electron chi connectivity index (χ1n) is 6.33. The molecule has 0 radical (unpaired) electrons. The third kappa shape index (κ3) is 4.65. The molecule has 1 atom stereocenters. The highest BCUT2D eigenvalue weighted by molar-refractivity contribution is 5.25. The quantitative estimate of drug-likeness (QED) is 0.679. The number of nitrogens with zero attached hydrogens (tertiary/aromatic N) is 2. The fourth-order valence-corrected chi connectivity index (χ4v) is 1.73. The maximum atomic E-state index is 5.92. The molecule has 0 saturated heterocycles. The number of benzene rings is 1. The van der Waals surface area contributed by atoms with Gasteiger partial charge in [-0.2, -0.15) is 0 Å². The van der Waals surface area contributed by atoms with Crippen LogP contribution in [0.25, 0.3) is 0 Å². The van der Waals surface area contributed by atoms with Crippen LogP contribution in [0.15, 0.2) is 42.6 Å². The molecule has 0 fully saturated rings. The fraction of sp³-hybridized carbons (Fsp3) is 0.286. The van der Waals surface area contributed by atoms with E-state index in [-0.39, 0.29) is 6.29 Å². The van der Waals surface area contributed by atoms with Crippen molar-refractivity contribution < 1.29 is 0 Å². The van der Waals surface area contributed by atoms with Crippen LogP contribution in [-0.2, 0) is 6.42 Å². The minimum absolute atomic E-state index is 0.356. The van der Waals surface area contributed by atoms with Crippen LogP contribution in [0.4, 0.5) is 5.95 Å². The summed E-state index contributed by atoms with van der Waals surface area (Å²) < 4.78 is 0. The summed E-state index contributed by atoms with van der Waals surface area (Å²) in [5, 5.41) is 6.20. The highest BCUT2D eigenvalue weighted by atomic mass is 15.3. The number of aromatic nitrogens is 2. The van der Waals surface area contributed by atoms with Gasteiger partial charge in [-0.15, -0.1) is 0 Å². The Balaban J connectivity index is 1.74. The van der Waals surface area contributed by atoms with Crippen molar-refractivity contribution in [1.82, 2.24) is 15.3 Å². The van der Waals surface area contributed by atoms with Gasteiger partial charge >= 0.3 is 0 Å². The van der Waals surface area contributed by atoms with E-state index in [1.807, 2.05) is 31.2 Å². The minimum atomic E-state index is -0.356. The zero-order valence-corrected chi connectivity index (χ0v) is 11.0. The maximum absolute atomic E-state index is 5.92. The van der Waals surface area contributed by atoms with E-state index in [2.05, 4.69) is 32.7 Å². The molecule has 0 aliphatic rings. The molecule has 4 N–H and O–H groups in total. The summed E-state index contributed by atoms with van der Waals surface area (Å²) >= 11 is 0. The summed E-state index contributed by atoms with van der Waals surface area (Å²) in [4.78, 5) is 8.34. The predicted molar refractivity (Wildman–Crippen MR) is 76.5 cm³/mol. The molecule has 19 heavy (non-hydrogen) atoms. The van der Waals surface area contributed by atoms with Gasteiger partial charge in [-0.05, 0) is 25.0 Å². The molecule has 1 aromatic heterocycles. The number of rotatable bonds is 6. The van der Waals surface area contributed by atoms with Gasteiger partial charge in [0.25, 0.3) is 0 Å². The highest BCUT2D eigenvalue weighted by Gasteiger charge is 2.03. The van der Waals surface area contributed by atoms with Gasteiger partial charge in [-0.25, -0.2) is 9.97 Å². The van der Waals surface area contributed by atoms with Gasteiger partial charge in [0.15, 0.2) is 0 Å². The molecule has 0 aliphatic carbocycles. The Morgan fingerprint density at radius 3 is 2.74 bits per heavy atom. The Kier molecular flexibility index (Phi) is 4.83. The summed E-state index contributed by atoms with van der Waals surface area (Å²) in [7, 11) is 0. The normalized spacial score (nSPS) is 12.1. The van der Waals surface area contributed by atoms with Crippen molar-refractivity contribution in [2.75, 3.05) is 11.9 Å². The maximum Gasteiger partial charge on any atom is 0.225 e. The van der Waals surface area contributed by atoms with E-state index in [0.717, 1.165) is 18.7 Å². The second-order valence-electron chi connectivity index (χ2n) is 4.33. The van der Waals surface area contributed by atoms with Crippen molar-refractivity contribution in [3.8, 4) is 0 Å². The van der Waals surface area contributed by atoms with Gasteiger partial charge in [0, 0.05) is 18.4 Å². The first-order chi connectivity index (χ1) is 9.24. The molecule has 0 spiro atoms. The number of aryl methyl sites for hydroxylation is 1. The lowest BCUT2D eigenvalue weighted by atomic mass is 10.1. The van der Waals surface area contributed by atoms with E-state index in [4.69, 9.17) is 5.73 Å². The van der Waals surface area contributed by atoms with Gasteiger partial charge in [0.05, 0.1) is 0 Å².